The molecule has 0 atom stereocenters. The van der Waals surface area contributed by atoms with E-state index < -0.39 is 10.0 Å². The molecular weight excluding hydrogens is 288 g/mol. The topological polar surface area (TPSA) is 66.4 Å². The Labute approximate surface area is 126 Å². The van der Waals surface area contributed by atoms with Crippen LogP contribution in [0.1, 0.15) is 38.3 Å². The Balaban J connectivity index is 1.62. The predicted molar refractivity (Wildman–Crippen MR) is 81.8 cm³/mol. The zero-order chi connectivity index (χ0) is 15.0. The smallest absolute Gasteiger partial charge is 0.216 e. The quantitative estimate of drug-likeness (QED) is 0.836. The van der Waals surface area contributed by atoms with Crippen molar-refractivity contribution in [3.05, 3.63) is 17.8 Å². The molecule has 21 heavy (non-hydrogen) atoms. The van der Waals surface area contributed by atoms with Gasteiger partial charge in [-0.2, -0.15) is 9.40 Å². The Hall–Kier alpha value is -1.21. The van der Waals surface area contributed by atoms with Gasteiger partial charge < -0.3 is 4.90 Å². The number of hydrogen-bond donors (Lipinski definition) is 0. The third-order valence-corrected chi connectivity index (χ3v) is 6.46. The zero-order valence-electron chi connectivity index (χ0n) is 12.6. The standard InChI is InChI=1S/C14H22N4O2S/c1-11(2)21(19,20)18-9-7-17(8-10-18)14-6-5-13(15-16-14)12-3-4-12/h5-6,11-12H,3-4,7-10H2,1-2H3. The molecule has 3 rings (SSSR count). The molecule has 0 amide bonds. The largest absolute Gasteiger partial charge is 0.352 e. The Bertz CT molecular complexity index is 588. The highest BCUT2D eigenvalue weighted by Gasteiger charge is 2.30. The van der Waals surface area contributed by atoms with Crippen molar-refractivity contribution in [3.8, 4) is 0 Å². The summed E-state index contributed by atoms with van der Waals surface area (Å²) in [5.74, 6) is 1.46. The van der Waals surface area contributed by atoms with Crippen molar-refractivity contribution >= 4 is 15.8 Å². The van der Waals surface area contributed by atoms with Gasteiger partial charge in [-0.15, -0.1) is 5.10 Å². The molecule has 2 fully saturated rings. The lowest BCUT2D eigenvalue weighted by molar-refractivity contribution is 0.379. The Morgan fingerprint density at radius 3 is 2.24 bits per heavy atom. The summed E-state index contributed by atoms with van der Waals surface area (Å²) in [6.45, 7) is 5.83. The fraction of sp³-hybridized carbons (Fsp3) is 0.714. The van der Waals surface area contributed by atoms with Crippen molar-refractivity contribution in [2.45, 2.75) is 37.9 Å². The first-order valence-corrected chi connectivity index (χ1v) is 9.06. The Morgan fingerprint density at radius 2 is 1.76 bits per heavy atom. The maximum Gasteiger partial charge on any atom is 0.216 e. The molecule has 0 aromatic carbocycles. The minimum absolute atomic E-state index is 0.360. The summed E-state index contributed by atoms with van der Waals surface area (Å²) in [7, 11) is -3.14. The Morgan fingerprint density at radius 1 is 1.10 bits per heavy atom. The summed E-state index contributed by atoms with van der Waals surface area (Å²) < 4.78 is 25.9. The van der Waals surface area contributed by atoms with E-state index in [1.165, 1.54) is 12.8 Å². The Kier molecular flexibility index (Phi) is 3.88. The van der Waals surface area contributed by atoms with Crippen LogP contribution in [-0.4, -0.2) is 54.3 Å². The van der Waals surface area contributed by atoms with Crippen LogP contribution in [0.2, 0.25) is 0 Å². The van der Waals surface area contributed by atoms with Gasteiger partial charge in [-0.1, -0.05) is 0 Å². The molecule has 0 spiro atoms. The second kappa shape index (κ2) is 5.53. The number of piperazine rings is 1. The van der Waals surface area contributed by atoms with Gasteiger partial charge >= 0.3 is 0 Å². The van der Waals surface area contributed by atoms with Crippen LogP contribution in [0.5, 0.6) is 0 Å². The van der Waals surface area contributed by atoms with Crippen LogP contribution in [-0.2, 0) is 10.0 Å². The molecule has 1 saturated heterocycles. The van der Waals surface area contributed by atoms with Crippen molar-refractivity contribution < 1.29 is 8.42 Å². The zero-order valence-corrected chi connectivity index (χ0v) is 13.4. The van der Waals surface area contributed by atoms with Crippen LogP contribution in [0, 0.1) is 0 Å². The summed E-state index contributed by atoms with van der Waals surface area (Å²) >= 11 is 0. The molecular formula is C14H22N4O2S. The molecule has 7 heteroatoms. The molecule has 0 radical (unpaired) electrons. The first-order chi connectivity index (χ1) is 9.98. The molecule has 0 unspecified atom stereocenters. The predicted octanol–water partition coefficient (Wildman–Crippen LogP) is 1.21. The van der Waals surface area contributed by atoms with Crippen molar-refractivity contribution in [1.29, 1.82) is 0 Å². The van der Waals surface area contributed by atoms with Crippen molar-refractivity contribution in [1.82, 2.24) is 14.5 Å². The van der Waals surface area contributed by atoms with Gasteiger partial charge in [0.1, 0.15) is 0 Å². The van der Waals surface area contributed by atoms with Crippen molar-refractivity contribution in [3.63, 3.8) is 0 Å². The molecule has 6 nitrogen and oxygen atoms in total. The summed E-state index contributed by atoms with van der Waals surface area (Å²) in [4.78, 5) is 2.11. The fourth-order valence-electron chi connectivity index (χ4n) is 2.57. The lowest BCUT2D eigenvalue weighted by atomic mass is 10.2. The SMILES string of the molecule is CC(C)S(=O)(=O)N1CCN(c2ccc(C3CC3)nn2)CC1. The first-order valence-electron chi connectivity index (χ1n) is 7.56. The monoisotopic (exact) mass is 310 g/mol. The highest BCUT2D eigenvalue weighted by molar-refractivity contribution is 7.89. The molecule has 1 aliphatic carbocycles. The maximum atomic E-state index is 12.1. The van der Waals surface area contributed by atoms with E-state index in [0.717, 1.165) is 11.5 Å². The second-order valence-corrected chi connectivity index (χ2v) is 8.56. The van der Waals surface area contributed by atoms with E-state index in [1.54, 1.807) is 18.2 Å². The maximum absolute atomic E-state index is 12.1. The van der Waals surface area contributed by atoms with Crippen LogP contribution in [0.3, 0.4) is 0 Å². The van der Waals surface area contributed by atoms with Gasteiger partial charge in [-0.05, 0) is 38.8 Å². The third-order valence-electron chi connectivity index (χ3n) is 4.18. The summed E-state index contributed by atoms with van der Waals surface area (Å²) in [5.41, 5.74) is 1.08. The summed E-state index contributed by atoms with van der Waals surface area (Å²) in [6, 6.07) is 4.06. The van der Waals surface area contributed by atoms with E-state index in [-0.39, 0.29) is 5.25 Å². The van der Waals surface area contributed by atoms with Crippen molar-refractivity contribution in [2.24, 2.45) is 0 Å². The highest BCUT2D eigenvalue weighted by atomic mass is 32.2. The van der Waals surface area contributed by atoms with E-state index in [1.807, 2.05) is 6.07 Å². The van der Waals surface area contributed by atoms with Crippen LogP contribution in [0.4, 0.5) is 5.82 Å². The molecule has 1 aliphatic heterocycles. The molecule has 2 heterocycles. The molecule has 1 saturated carbocycles. The highest BCUT2D eigenvalue weighted by Crippen LogP contribution is 2.38. The van der Waals surface area contributed by atoms with Gasteiger partial charge in [0.2, 0.25) is 10.0 Å². The minimum atomic E-state index is -3.14. The summed E-state index contributed by atoms with van der Waals surface area (Å²) in [6.07, 6.45) is 2.44. The number of rotatable bonds is 4. The van der Waals surface area contributed by atoms with Crippen LogP contribution >= 0.6 is 0 Å². The van der Waals surface area contributed by atoms with Crippen LogP contribution < -0.4 is 4.90 Å². The number of hydrogen-bond acceptors (Lipinski definition) is 5. The summed E-state index contributed by atoms with van der Waals surface area (Å²) in [5, 5.41) is 8.22. The van der Waals surface area contributed by atoms with E-state index in [9.17, 15) is 8.42 Å². The van der Waals surface area contributed by atoms with Gasteiger partial charge in [0.05, 0.1) is 10.9 Å². The van der Waals surface area contributed by atoms with E-state index in [2.05, 4.69) is 21.2 Å². The van der Waals surface area contributed by atoms with Gasteiger partial charge in [-0.3, -0.25) is 0 Å². The minimum Gasteiger partial charge on any atom is -0.352 e. The number of sulfonamides is 1. The average Bonchev–Trinajstić information content (AvgIpc) is 3.32. The third kappa shape index (κ3) is 3.03. The van der Waals surface area contributed by atoms with Crippen molar-refractivity contribution in [2.75, 3.05) is 31.1 Å². The van der Waals surface area contributed by atoms with Crippen LogP contribution in [0.15, 0.2) is 12.1 Å². The van der Waals surface area contributed by atoms with Gasteiger partial charge in [-0.25, -0.2) is 8.42 Å². The normalized spacial score (nSPS) is 21.0. The molecule has 2 aliphatic rings. The number of aromatic nitrogens is 2. The lowest BCUT2D eigenvalue weighted by Gasteiger charge is -2.35. The average molecular weight is 310 g/mol. The molecule has 0 bridgehead atoms. The van der Waals surface area contributed by atoms with Crippen LogP contribution in [0.25, 0.3) is 0 Å². The van der Waals surface area contributed by atoms with Gasteiger partial charge in [0, 0.05) is 32.1 Å². The lowest BCUT2D eigenvalue weighted by Crippen LogP contribution is -2.50. The van der Waals surface area contributed by atoms with Gasteiger partial charge in [0.15, 0.2) is 5.82 Å². The number of nitrogens with zero attached hydrogens (tertiary/aromatic N) is 4. The molecule has 116 valence electrons. The molecule has 0 N–H and O–H groups in total. The second-order valence-electron chi connectivity index (χ2n) is 6.07. The molecule has 1 aromatic rings. The molecule has 1 aromatic heterocycles. The van der Waals surface area contributed by atoms with E-state index >= 15 is 0 Å². The van der Waals surface area contributed by atoms with E-state index in [0.29, 0.717) is 32.1 Å². The number of anilines is 1. The fourth-order valence-corrected chi connectivity index (χ4v) is 3.84. The van der Waals surface area contributed by atoms with Gasteiger partial charge in [0.25, 0.3) is 0 Å². The first kappa shape index (κ1) is 14.7. The van der Waals surface area contributed by atoms with E-state index in [4.69, 9.17) is 0 Å².